The standard InChI is InChI=1S/C18H27FN4O2.HI/c1-4-17(24)23-10-9-15(12-23)22-18(20-3)21-11-13(2)25-16-7-5-14(19)6-8-16;/h5-8,13,15H,4,9-12H2,1-3H3,(H2,20,21,22);1H. The van der Waals surface area contributed by atoms with Crippen molar-refractivity contribution in [2.75, 3.05) is 26.7 Å². The maximum absolute atomic E-state index is 12.9. The van der Waals surface area contributed by atoms with E-state index in [1.807, 2.05) is 18.7 Å². The molecule has 1 amide bonds. The molecule has 0 aliphatic carbocycles. The van der Waals surface area contributed by atoms with Crippen molar-refractivity contribution >= 4 is 35.8 Å². The average Bonchev–Trinajstić information content (AvgIpc) is 3.08. The molecular weight excluding hydrogens is 450 g/mol. The first-order chi connectivity index (χ1) is 12.0. The minimum Gasteiger partial charge on any atom is -0.489 e. The molecule has 1 aromatic carbocycles. The van der Waals surface area contributed by atoms with Crippen LogP contribution in [0.25, 0.3) is 0 Å². The lowest BCUT2D eigenvalue weighted by Gasteiger charge is -2.20. The van der Waals surface area contributed by atoms with Gasteiger partial charge in [0.2, 0.25) is 5.91 Å². The third-order valence-electron chi connectivity index (χ3n) is 4.12. The van der Waals surface area contributed by atoms with E-state index in [2.05, 4.69) is 15.6 Å². The number of likely N-dealkylation sites (tertiary alicyclic amines) is 1. The Balaban J connectivity index is 0.00000338. The first kappa shape index (κ1) is 22.5. The number of ether oxygens (including phenoxy) is 1. The van der Waals surface area contributed by atoms with Gasteiger partial charge in [0, 0.05) is 32.6 Å². The lowest BCUT2D eigenvalue weighted by atomic mass is 10.3. The zero-order valence-corrected chi connectivity index (χ0v) is 17.8. The van der Waals surface area contributed by atoms with Gasteiger partial charge in [-0.05, 0) is 37.6 Å². The minimum atomic E-state index is -0.283. The summed E-state index contributed by atoms with van der Waals surface area (Å²) in [6.07, 6.45) is 1.34. The van der Waals surface area contributed by atoms with E-state index in [9.17, 15) is 9.18 Å². The van der Waals surface area contributed by atoms with Gasteiger partial charge in [0.1, 0.15) is 17.7 Å². The highest BCUT2D eigenvalue weighted by molar-refractivity contribution is 14.0. The van der Waals surface area contributed by atoms with Crippen molar-refractivity contribution in [1.82, 2.24) is 15.5 Å². The molecule has 0 radical (unpaired) electrons. The molecule has 0 bridgehead atoms. The first-order valence-corrected chi connectivity index (χ1v) is 8.69. The predicted octanol–water partition coefficient (Wildman–Crippen LogP) is 2.39. The van der Waals surface area contributed by atoms with Gasteiger partial charge in [-0.1, -0.05) is 6.92 Å². The molecule has 1 fully saturated rings. The second-order valence-electron chi connectivity index (χ2n) is 6.16. The van der Waals surface area contributed by atoms with Gasteiger partial charge in [0.05, 0.1) is 6.54 Å². The van der Waals surface area contributed by atoms with Crippen molar-refractivity contribution in [3.05, 3.63) is 30.1 Å². The number of amides is 1. The summed E-state index contributed by atoms with van der Waals surface area (Å²) in [5.74, 6) is 1.22. The summed E-state index contributed by atoms with van der Waals surface area (Å²) in [6.45, 7) is 5.86. The summed E-state index contributed by atoms with van der Waals surface area (Å²) in [5, 5.41) is 6.56. The number of guanidine groups is 1. The topological polar surface area (TPSA) is 66.0 Å². The number of carbonyl (C=O) groups excluding carboxylic acids is 1. The molecule has 0 aromatic heterocycles. The first-order valence-electron chi connectivity index (χ1n) is 8.69. The zero-order chi connectivity index (χ0) is 18.2. The zero-order valence-electron chi connectivity index (χ0n) is 15.5. The molecule has 26 heavy (non-hydrogen) atoms. The smallest absolute Gasteiger partial charge is 0.222 e. The third kappa shape index (κ3) is 6.97. The molecule has 8 heteroatoms. The number of hydrogen-bond donors (Lipinski definition) is 2. The largest absolute Gasteiger partial charge is 0.489 e. The van der Waals surface area contributed by atoms with Crippen LogP contribution in [0.5, 0.6) is 5.75 Å². The Hall–Kier alpha value is -1.58. The Kier molecular flexibility index (Phi) is 9.68. The second kappa shape index (κ2) is 11.2. The number of halogens is 2. The van der Waals surface area contributed by atoms with Gasteiger partial charge < -0.3 is 20.3 Å². The highest BCUT2D eigenvalue weighted by atomic mass is 127. The summed E-state index contributed by atoms with van der Waals surface area (Å²) < 4.78 is 18.6. The monoisotopic (exact) mass is 478 g/mol. The quantitative estimate of drug-likeness (QED) is 0.375. The van der Waals surface area contributed by atoms with E-state index in [-0.39, 0.29) is 47.8 Å². The molecule has 1 aliphatic rings. The number of hydrogen-bond acceptors (Lipinski definition) is 3. The Morgan fingerprint density at radius 1 is 1.42 bits per heavy atom. The highest BCUT2D eigenvalue weighted by Crippen LogP contribution is 2.13. The van der Waals surface area contributed by atoms with Crippen LogP contribution in [0, 0.1) is 5.82 Å². The van der Waals surface area contributed by atoms with E-state index in [1.54, 1.807) is 19.2 Å². The van der Waals surface area contributed by atoms with Crippen LogP contribution in [0.1, 0.15) is 26.7 Å². The van der Waals surface area contributed by atoms with Crippen molar-refractivity contribution in [3.8, 4) is 5.75 Å². The van der Waals surface area contributed by atoms with E-state index in [0.29, 0.717) is 31.2 Å². The van der Waals surface area contributed by atoms with Gasteiger partial charge in [-0.25, -0.2) is 4.39 Å². The van der Waals surface area contributed by atoms with Gasteiger partial charge in [-0.3, -0.25) is 9.79 Å². The molecule has 1 heterocycles. The normalized spacial score (nSPS) is 18.1. The molecule has 0 spiro atoms. The van der Waals surface area contributed by atoms with Crippen LogP contribution in [0.15, 0.2) is 29.3 Å². The van der Waals surface area contributed by atoms with Gasteiger partial charge >= 0.3 is 0 Å². The number of benzene rings is 1. The lowest BCUT2D eigenvalue weighted by Crippen LogP contribution is -2.47. The van der Waals surface area contributed by atoms with Crippen LogP contribution >= 0.6 is 24.0 Å². The van der Waals surface area contributed by atoms with Crippen LogP contribution in [0.3, 0.4) is 0 Å². The van der Waals surface area contributed by atoms with Crippen LogP contribution in [0.4, 0.5) is 4.39 Å². The fourth-order valence-electron chi connectivity index (χ4n) is 2.74. The van der Waals surface area contributed by atoms with Crippen molar-refractivity contribution in [2.24, 2.45) is 4.99 Å². The Morgan fingerprint density at radius 2 is 2.12 bits per heavy atom. The highest BCUT2D eigenvalue weighted by Gasteiger charge is 2.25. The van der Waals surface area contributed by atoms with E-state index in [0.717, 1.165) is 13.0 Å². The summed E-state index contributed by atoms with van der Waals surface area (Å²) >= 11 is 0. The minimum absolute atomic E-state index is 0. The Morgan fingerprint density at radius 3 is 2.73 bits per heavy atom. The fraction of sp³-hybridized carbons (Fsp3) is 0.556. The van der Waals surface area contributed by atoms with Gasteiger partial charge in [-0.15, -0.1) is 24.0 Å². The van der Waals surface area contributed by atoms with E-state index in [1.165, 1.54) is 12.1 Å². The summed E-state index contributed by atoms with van der Waals surface area (Å²) in [7, 11) is 1.71. The van der Waals surface area contributed by atoms with Gasteiger partial charge in [0.25, 0.3) is 0 Å². The molecule has 2 unspecified atom stereocenters. The number of nitrogens with one attached hydrogen (secondary N) is 2. The number of rotatable bonds is 6. The number of carbonyl (C=O) groups is 1. The van der Waals surface area contributed by atoms with Gasteiger partial charge in [-0.2, -0.15) is 0 Å². The lowest BCUT2D eigenvalue weighted by molar-refractivity contribution is -0.129. The van der Waals surface area contributed by atoms with Crippen LogP contribution in [0.2, 0.25) is 0 Å². The van der Waals surface area contributed by atoms with Crippen molar-refractivity contribution in [1.29, 1.82) is 0 Å². The van der Waals surface area contributed by atoms with Crippen LogP contribution in [-0.4, -0.2) is 55.6 Å². The van der Waals surface area contributed by atoms with Gasteiger partial charge in [0.15, 0.2) is 5.96 Å². The molecule has 146 valence electrons. The molecule has 2 N–H and O–H groups in total. The van der Waals surface area contributed by atoms with E-state index >= 15 is 0 Å². The molecule has 6 nitrogen and oxygen atoms in total. The fourth-order valence-corrected chi connectivity index (χ4v) is 2.74. The van der Waals surface area contributed by atoms with Crippen molar-refractivity contribution in [3.63, 3.8) is 0 Å². The Bertz CT molecular complexity index is 597. The van der Waals surface area contributed by atoms with E-state index in [4.69, 9.17) is 4.74 Å². The summed E-state index contributed by atoms with van der Waals surface area (Å²) in [6, 6.07) is 6.17. The van der Waals surface area contributed by atoms with E-state index < -0.39 is 0 Å². The number of nitrogens with zero attached hydrogens (tertiary/aromatic N) is 2. The summed E-state index contributed by atoms with van der Waals surface area (Å²) in [5.41, 5.74) is 0. The van der Waals surface area contributed by atoms with Crippen LogP contribution in [-0.2, 0) is 4.79 Å². The predicted molar refractivity (Wildman–Crippen MR) is 112 cm³/mol. The molecule has 1 saturated heterocycles. The second-order valence-corrected chi connectivity index (χ2v) is 6.16. The maximum atomic E-state index is 12.9. The maximum Gasteiger partial charge on any atom is 0.222 e. The molecular formula is C18H28FIN4O2. The van der Waals surface area contributed by atoms with Crippen molar-refractivity contribution in [2.45, 2.75) is 38.8 Å². The van der Waals surface area contributed by atoms with Crippen molar-refractivity contribution < 1.29 is 13.9 Å². The Labute approximate surface area is 171 Å². The molecule has 1 aromatic rings. The SMILES string of the molecule is CCC(=O)N1CCC(NC(=NC)NCC(C)Oc2ccc(F)cc2)C1.I. The molecule has 2 atom stereocenters. The number of aliphatic imine (C=N–C) groups is 1. The molecule has 0 saturated carbocycles. The summed E-state index contributed by atoms with van der Waals surface area (Å²) in [4.78, 5) is 17.8. The molecule has 1 aliphatic heterocycles. The van der Waals surface area contributed by atoms with Crippen LogP contribution < -0.4 is 15.4 Å². The molecule has 2 rings (SSSR count). The third-order valence-corrected chi connectivity index (χ3v) is 4.12. The average molecular weight is 478 g/mol.